The van der Waals surface area contributed by atoms with Crippen molar-refractivity contribution in [1.82, 2.24) is 14.5 Å². The molecule has 4 rings (SSSR count). The molecule has 226 valence electrons. The average molecular weight is 619 g/mol. The molecule has 0 radical (unpaired) electrons. The molecule has 2 aromatic rings. The van der Waals surface area contributed by atoms with Crippen LogP contribution in [0, 0.1) is 12.3 Å². The highest BCUT2D eigenvalue weighted by molar-refractivity contribution is 7.93. The third kappa shape index (κ3) is 7.33. The molecule has 0 unspecified atom stereocenters. The van der Waals surface area contributed by atoms with Crippen LogP contribution in [0.25, 0.3) is 0 Å². The number of hydrogen-bond acceptors (Lipinski definition) is 9. The van der Waals surface area contributed by atoms with Gasteiger partial charge in [0, 0.05) is 0 Å². The lowest BCUT2D eigenvalue weighted by molar-refractivity contribution is -0.145. The van der Waals surface area contributed by atoms with Crippen LogP contribution in [-0.4, -0.2) is 63.0 Å². The largest absolute Gasteiger partial charge is 0.486 e. The Morgan fingerprint density at radius 2 is 1.88 bits per heavy atom. The molecule has 12 nitrogen and oxygen atoms in total. The molecule has 2 heterocycles. The molecular formula is C25H32F2N4O8S2. The second-order valence-electron chi connectivity index (χ2n) is 11.3. The minimum atomic E-state index is -4.53. The number of carbonyl (C=O) groups is 2. The maximum absolute atomic E-state index is 13.8. The third-order valence-electron chi connectivity index (χ3n) is 6.24. The lowest BCUT2D eigenvalue weighted by Gasteiger charge is -2.35. The van der Waals surface area contributed by atoms with Gasteiger partial charge in [0.1, 0.15) is 16.7 Å². The lowest BCUT2D eigenvalue weighted by Crippen LogP contribution is -2.46. The maximum atomic E-state index is 13.8. The van der Waals surface area contributed by atoms with E-state index in [0.717, 1.165) is 4.31 Å². The Morgan fingerprint density at radius 3 is 2.46 bits per heavy atom. The topological polar surface area (TPSA) is 154 Å². The first-order chi connectivity index (χ1) is 19.0. The summed E-state index contributed by atoms with van der Waals surface area (Å²) in [6.45, 7) is 3.62. The van der Waals surface area contributed by atoms with Gasteiger partial charge in [0.25, 0.3) is 10.0 Å². The second kappa shape index (κ2) is 11.2. The fourth-order valence-corrected chi connectivity index (χ4v) is 7.10. The molecule has 0 bridgehead atoms. The Labute approximate surface area is 237 Å². The number of aromatic nitrogens is 2. The van der Waals surface area contributed by atoms with Crippen molar-refractivity contribution in [3.05, 3.63) is 35.7 Å². The SMILES string of the molecule is Cc1nn(C(F)F)cc1S(=O)(=O)N1C[C@H](CC(=O)NS(=O)(=O)C2CC2)Oc2ccc(CC(=O)OCC(C)(C)C)cc21. The van der Waals surface area contributed by atoms with E-state index < -0.39 is 67.7 Å². The number of fused-ring (bicyclic) bond motifs is 1. The van der Waals surface area contributed by atoms with Crippen molar-refractivity contribution in [2.24, 2.45) is 5.41 Å². The molecule has 0 saturated heterocycles. The fraction of sp³-hybridized carbons (Fsp3) is 0.560. The minimum Gasteiger partial charge on any atom is -0.486 e. The number of hydrogen-bond donors (Lipinski definition) is 1. The molecular weight excluding hydrogens is 586 g/mol. The standard InChI is InChI=1S/C25H32F2N4O8S2/c1-15-21(13-30(28-15)24(26)27)41(36,37)31-12-17(11-22(32)29-40(34,35)18-6-7-18)39-20-8-5-16(9-19(20)31)10-23(33)38-14-25(2,3)4/h5,8-9,13,17-18,24H,6-7,10-12,14H2,1-4H3,(H,29,32)/t17-/m0/s1. The van der Waals surface area contributed by atoms with E-state index in [0.29, 0.717) is 24.6 Å². The molecule has 16 heteroatoms. The van der Waals surface area contributed by atoms with Crippen molar-refractivity contribution in [1.29, 1.82) is 0 Å². The van der Waals surface area contributed by atoms with Crippen molar-refractivity contribution in [2.75, 3.05) is 17.5 Å². The number of aryl methyl sites for hydroxylation is 1. The van der Waals surface area contributed by atoms with Crippen LogP contribution in [0.5, 0.6) is 5.75 Å². The summed E-state index contributed by atoms with van der Waals surface area (Å²) in [4.78, 5) is 24.5. The summed E-state index contributed by atoms with van der Waals surface area (Å²) >= 11 is 0. The van der Waals surface area contributed by atoms with Crippen LogP contribution in [0.4, 0.5) is 14.5 Å². The number of anilines is 1. The second-order valence-corrected chi connectivity index (χ2v) is 15.1. The third-order valence-corrected chi connectivity index (χ3v) is 9.99. The zero-order chi connectivity index (χ0) is 30.3. The monoisotopic (exact) mass is 618 g/mol. The average Bonchev–Trinajstić information content (AvgIpc) is 3.64. The van der Waals surface area contributed by atoms with Crippen LogP contribution < -0.4 is 13.8 Å². The first kappa shape index (κ1) is 30.7. The van der Waals surface area contributed by atoms with E-state index >= 15 is 0 Å². The number of halogens is 2. The van der Waals surface area contributed by atoms with Crippen molar-refractivity contribution in [3.8, 4) is 5.75 Å². The van der Waals surface area contributed by atoms with E-state index in [9.17, 15) is 35.2 Å². The minimum absolute atomic E-state index is 0.0116. The molecule has 2 aliphatic rings. The van der Waals surface area contributed by atoms with Crippen molar-refractivity contribution < 1.29 is 44.7 Å². The smallest absolute Gasteiger partial charge is 0.333 e. The maximum Gasteiger partial charge on any atom is 0.333 e. The predicted octanol–water partition coefficient (Wildman–Crippen LogP) is 2.67. The van der Waals surface area contributed by atoms with Gasteiger partial charge in [-0.1, -0.05) is 26.8 Å². The van der Waals surface area contributed by atoms with Gasteiger partial charge < -0.3 is 9.47 Å². The molecule has 1 atom stereocenters. The van der Waals surface area contributed by atoms with Crippen molar-refractivity contribution >= 4 is 37.6 Å². The predicted molar refractivity (Wildman–Crippen MR) is 142 cm³/mol. The lowest BCUT2D eigenvalue weighted by atomic mass is 9.99. The van der Waals surface area contributed by atoms with Gasteiger partial charge in [-0.15, -0.1) is 0 Å². The number of ether oxygens (including phenoxy) is 2. The summed E-state index contributed by atoms with van der Waals surface area (Å²) in [5.74, 6) is -1.37. The van der Waals surface area contributed by atoms with Crippen molar-refractivity contribution in [3.63, 3.8) is 0 Å². The zero-order valence-electron chi connectivity index (χ0n) is 23.0. The van der Waals surface area contributed by atoms with E-state index in [1.165, 1.54) is 25.1 Å². The molecule has 0 spiro atoms. The van der Waals surface area contributed by atoms with Gasteiger partial charge in [-0.3, -0.25) is 18.6 Å². The summed E-state index contributed by atoms with van der Waals surface area (Å²) in [6.07, 6.45) is -0.181. The normalized spacial score (nSPS) is 17.6. The number of alkyl halides is 2. The van der Waals surface area contributed by atoms with Crippen molar-refractivity contribution in [2.45, 2.75) is 76.2 Å². The molecule has 1 amide bonds. The molecule has 1 N–H and O–H groups in total. The molecule has 1 aliphatic heterocycles. The Morgan fingerprint density at radius 1 is 1.20 bits per heavy atom. The summed E-state index contributed by atoms with van der Waals surface area (Å²) in [7, 11) is -8.37. The number of carbonyl (C=O) groups excluding carboxylic acids is 2. The summed E-state index contributed by atoms with van der Waals surface area (Å²) in [5, 5.41) is 2.95. The number of amides is 1. The molecule has 1 aromatic carbocycles. The van der Waals surface area contributed by atoms with Crippen LogP contribution >= 0.6 is 0 Å². The molecule has 1 fully saturated rings. The fourth-order valence-electron chi connectivity index (χ4n) is 4.12. The van der Waals surface area contributed by atoms with Gasteiger partial charge in [0.2, 0.25) is 15.9 Å². The highest BCUT2D eigenvalue weighted by atomic mass is 32.2. The van der Waals surface area contributed by atoms with Crippen LogP contribution in [-0.2, 0) is 40.8 Å². The number of nitrogens with one attached hydrogen (secondary N) is 1. The van der Waals surface area contributed by atoms with Gasteiger partial charge in [0.05, 0.1) is 48.8 Å². The molecule has 1 saturated carbocycles. The quantitative estimate of drug-likeness (QED) is 0.396. The Balaban J connectivity index is 1.64. The summed E-state index contributed by atoms with van der Waals surface area (Å²) < 4.78 is 92.8. The van der Waals surface area contributed by atoms with Crippen LogP contribution in [0.2, 0.25) is 0 Å². The highest BCUT2D eigenvalue weighted by Crippen LogP contribution is 2.39. The van der Waals surface area contributed by atoms with Gasteiger partial charge in [0.15, 0.2) is 0 Å². The van der Waals surface area contributed by atoms with Crippen LogP contribution in [0.15, 0.2) is 29.3 Å². The van der Waals surface area contributed by atoms with Gasteiger partial charge >= 0.3 is 12.5 Å². The molecule has 1 aliphatic carbocycles. The number of rotatable bonds is 10. The van der Waals surface area contributed by atoms with E-state index in [1.807, 2.05) is 25.5 Å². The van der Waals surface area contributed by atoms with E-state index in [2.05, 4.69) is 5.10 Å². The molecule has 1 aromatic heterocycles. The van der Waals surface area contributed by atoms with E-state index in [1.54, 1.807) is 0 Å². The summed E-state index contributed by atoms with van der Waals surface area (Å²) in [6, 6.07) is 4.36. The molecule has 41 heavy (non-hydrogen) atoms. The Bertz CT molecular complexity index is 1550. The number of nitrogens with zero attached hydrogens (tertiary/aromatic N) is 3. The Hall–Kier alpha value is -3.27. The first-order valence-electron chi connectivity index (χ1n) is 12.8. The Kier molecular flexibility index (Phi) is 8.38. The summed E-state index contributed by atoms with van der Waals surface area (Å²) in [5.41, 5.74) is -0.0230. The highest BCUT2D eigenvalue weighted by Gasteiger charge is 2.40. The number of benzene rings is 1. The van der Waals surface area contributed by atoms with E-state index in [4.69, 9.17) is 9.47 Å². The van der Waals surface area contributed by atoms with E-state index in [-0.39, 0.29) is 40.3 Å². The van der Waals surface area contributed by atoms with Gasteiger partial charge in [-0.25, -0.2) is 21.5 Å². The first-order valence-corrected chi connectivity index (χ1v) is 15.8. The number of esters is 1. The van der Waals surface area contributed by atoms with Gasteiger partial charge in [-0.2, -0.15) is 13.9 Å². The van der Waals surface area contributed by atoms with Gasteiger partial charge in [-0.05, 0) is 42.9 Å². The zero-order valence-corrected chi connectivity index (χ0v) is 24.6. The van der Waals surface area contributed by atoms with Crippen LogP contribution in [0.1, 0.15) is 57.8 Å². The number of sulfonamides is 2. The van der Waals surface area contributed by atoms with Crippen LogP contribution in [0.3, 0.4) is 0 Å².